The van der Waals surface area contributed by atoms with Crippen molar-refractivity contribution in [2.24, 2.45) is 0 Å². The molecule has 2 rings (SSSR count). The summed E-state index contributed by atoms with van der Waals surface area (Å²) in [5.74, 6) is -0.604. The van der Waals surface area contributed by atoms with Crippen LogP contribution < -0.4 is 5.32 Å². The molecule has 1 aromatic rings. The number of amides is 1. The Balaban J connectivity index is 1.98. The predicted octanol–water partition coefficient (Wildman–Crippen LogP) is 2.81. The van der Waals surface area contributed by atoms with Crippen LogP contribution in [0.15, 0.2) is 22.7 Å². The molecule has 5 nitrogen and oxygen atoms in total. The molecule has 0 unspecified atom stereocenters. The van der Waals surface area contributed by atoms with Crippen LogP contribution in [-0.2, 0) is 20.4 Å². The number of halogens is 4. The maximum Gasteiger partial charge on any atom is 0.416 e. The lowest BCUT2D eigenvalue weighted by Crippen LogP contribution is -2.35. The topological polar surface area (TPSA) is 67.8 Å². The van der Waals surface area contributed by atoms with Gasteiger partial charge in [-0.3, -0.25) is 4.79 Å². The van der Waals surface area contributed by atoms with E-state index in [0.29, 0.717) is 6.61 Å². The molecular formula is C16H19BrF3NO4. The highest BCUT2D eigenvalue weighted by molar-refractivity contribution is 9.10. The summed E-state index contributed by atoms with van der Waals surface area (Å²) < 4.78 is 50.4. The van der Waals surface area contributed by atoms with Crippen molar-refractivity contribution in [3.63, 3.8) is 0 Å². The van der Waals surface area contributed by atoms with E-state index in [2.05, 4.69) is 21.2 Å². The molecule has 9 heteroatoms. The van der Waals surface area contributed by atoms with Gasteiger partial charge in [-0.2, -0.15) is 13.2 Å². The van der Waals surface area contributed by atoms with Gasteiger partial charge in [0.05, 0.1) is 30.9 Å². The Labute approximate surface area is 151 Å². The average molecular weight is 426 g/mol. The van der Waals surface area contributed by atoms with Crippen molar-refractivity contribution in [1.29, 1.82) is 0 Å². The van der Waals surface area contributed by atoms with E-state index in [9.17, 15) is 23.1 Å². The number of carbonyl (C=O) groups is 1. The molecule has 2 atom stereocenters. The summed E-state index contributed by atoms with van der Waals surface area (Å²) in [7, 11) is 0. The molecule has 0 spiro atoms. The van der Waals surface area contributed by atoms with Gasteiger partial charge in [-0.1, -0.05) is 22.0 Å². The van der Waals surface area contributed by atoms with Crippen molar-refractivity contribution in [3.8, 4) is 0 Å². The highest BCUT2D eigenvalue weighted by atomic mass is 79.9. The minimum Gasteiger partial charge on any atom is -0.394 e. The lowest BCUT2D eigenvalue weighted by Gasteiger charge is -2.21. The molecule has 0 aliphatic carbocycles. The van der Waals surface area contributed by atoms with Crippen LogP contribution in [0.1, 0.15) is 30.0 Å². The van der Waals surface area contributed by atoms with Gasteiger partial charge in [0.15, 0.2) is 0 Å². The third-order valence-electron chi connectivity index (χ3n) is 3.77. The second-order valence-corrected chi connectivity index (χ2v) is 6.60. The number of ether oxygens (including phenoxy) is 2. The van der Waals surface area contributed by atoms with Crippen molar-refractivity contribution in [1.82, 2.24) is 5.32 Å². The molecular weight excluding hydrogens is 407 g/mol. The number of rotatable bonds is 7. The Morgan fingerprint density at radius 1 is 1.48 bits per heavy atom. The first-order chi connectivity index (χ1) is 11.8. The van der Waals surface area contributed by atoms with Gasteiger partial charge in [0.25, 0.3) is 0 Å². The molecule has 1 aromatic carbocycles. The summed E-state index contributed by atoms with van der Waals surface area (Å²) in [5, 5.41) is 11.8. The second-order valence-electron chi connectivity index (χ2n) is 5.68. The normalized spacial score (nSPS) is 19.0. The van der Waals surface area contributed by atoms with Gasteiger partial charge in [-0.05, 0) is 30.5 Å². The average Bonchev–Trinajstić information content (AvgIpc) is 3.05. The van der Waals surface area contributed by atoms with E-state index in [0.717, 1.165) is 18.9 Å². The van der Waals surface area contributed by atoms with Gasteiger partial charge in [0, 0.05) is 11.1 Å². The Kier molecular flexibility index (Phi) is 7.24. The smallest absolute Gasteiger partial charge is 0.394 e. The van der Waals surface area contributed by atoms with Crippen LogP contribution in [0.2, 0.25) is 0 Å². The molecule has 140 valence electrons. The van der Waals surface area contributed by atoms with E-state index >= 15 is 0 Å². The van der Waals surface area contributed by atoms with Crippen molar-refractivity contribution >= 4 is 21.8 Å². The van der Waals surface area contributed by atoms with Crippen LogP contribution in [0.4, 0.5) is 13.2 Å². The number of aliphatic hydroxyl groups is 1. The van der Waals surface area contributed by atoms with Crippen LogP contribution in [0.5, 0.6) is 0 Å². The minimum absolute atomic E-state index is 0.0512. The summed E-state index contributed by atoms with van der Waals surface area (Å²) in [5.41, 5.74) is -1.12. The van der Waals surface area contributed by atoms with Crippen molar-refractivity contribution in [2.75, 3.05) is 26.4 Å². The van der Waals surface area contributed by atoms with Crippen LogP contribution in [0.3, 0.4) is 0 Å². The van der Waals surface area contributed by atoms with E-state index in [1.807, 2.05) is 0 Å². The zero-order chi connectivity index (χ0) is 18.4. The van der Waals surface area contributed by atoms with E-state index in [4.69, 9.17) is 9.47 Å². The first-order valence-corrected chi connectivity index (χ1v) is 8.56. The van der Waals surface area contributed by atoms with E-state index in [1.54, 1.807) is 0 Å². The molecule has 1 saturated heterocycles. The maximum atomic E-state index is 13.2. The zero-order valence-corrected chi connectivity index (χ0v) is 14.9. The van der Waals surface area contributed by atoms with Gasteiger partial charge >= 0.3 is 6.18 Å². The molecule has 1 aliphatic heterocycles. The third-order valence-corrected chi connectivity index (χ3v) is 4.27. The van der Waals surface area contributed by atoms with Crippen molar-refractivity contribution < 1.29 is 32.5 Å². The van der Waals surface area contributed by atoms with Gasteiger partial charge in [-0.25, -0.2) is 0 Å². The second kappa shape index (κ2) is 8.98. The number of alkyl halides is 3. The number of nitrogens with one attached hydrogen (secondary N) is 1. The van der Waals surface area contributed by atoms with Crippen LogP contribution >= 0.6 is 15.9 Å². The molecule has 1 heterocycles. The fraction of sp³-hybridized carbons (Fsp3) is 0.562. The lowest BCUT2D eigenvalue weighted by molar-refractivity contribution is -0.139. The van der Waals surface area contributed by atoms with Crippen LogP contribution in [-0.4, -0.2) is 43.5 Å². The highest BCUT2D eigenvalue weighted by Crippen LogP contribution is 2.36. The highest BCUT2D eigenvalue weighted by Gasteiger charge is 2.35. The summed E-state index contributed by atoms with van der Waals surface area (Å²) in [6.45, 7) is -0.0592. The van der Waals surface area contributed by atoms with E-state index in [-0.39, 0.29) is 29.4 Å². The Morgan fingerprint density at radius 2 is 2.24 bits per heavy atom. The molecule has 1 fully saturated rings. The Morgan fingerprint density at radius 3 is 2.84 bits per heavy atom. The fourth-order valence-electron chi connectivity index (χ4n) is 2.59. The number of aliphatic hydroxyl groups excluding tert-OH is 1. The predicted molar refractivity (Wildman–Crippen MR) is 86.9 cm³/mol. The molecule has 25 heavy (non-hydrogen) atoms. The molecule has 0 saturated carbocycles. The fourth-order valence-corrected chi connectivity index (χ4v) is 2.96. The summed E-state index contributed by atoms with van der Waals surface area (Å²) in [4.78, 5) is 11.9. The van der Waals surface area contributed by atoms with E-state index < -0.39 is 30.3 Å². The summed E-state index contributed by atoms with van der Waals surface area (Å²) >= 11 is 3.00. The summed E-state index contributed by atoms with van der Waals surface area (Å²) in [6.07, 6.45) is -2.86. The quantitative estimate of drug-likeness (QED) is 0.704. The Bertz CT molecular complexity index is 591. The zero-order valence-electron chi connectivity index (χ0n) is 13.3. The number of hydrogen-bond acceptors (Lipinski definition) is 4. The molecule has 0 aromatic heterocycles. The maximum absolute atomic E-state index is 13.2. The SMILES string of the molecule is O=C(COC[C@H]1CCCO1)N[C@H](CO)c1ccc(Br)cc1C(F)(F)F. The van der Waals surface area contributed by atoms with Gasteiger partial charge < -0.3 is 19.9 Å². The Hall–Kier alpha value is -1.16. The molecule has 1 amide bonds. The molecule has 2 N–H and O–H groups in total. The number of benzene rings is 1. The summed E-state index contributed by atoms with van der Waals surface area (Å²) in [6, 6.07) is 2.38. The van der Waals surface area contributed by atoms with Crippen molar-refractivity contribution in [2.45, 2.75) is 31.2 Å². The monoisotopic (exact) mass is 425 g/mol. The molecule has 1 aliphatic rings. The van der Waals surface area contributed by atoms with Crippen LogP contribution in [0, 0.1) is 0 Å². The van der Waals surface area contributed by atoms with Crippen LogP contribution in [0.25, 0.3) is 0 Å². The third kappa shape index (κ3) is 5.95. The number of hydrogen-bond donors (Lipinski definition) is 2. The van der Waals surface area contributed by atoms with Crippen molar-refractivity contribution in [3.05, 3.63) is 33.8 Å². The first kappa shape index (κ1) is 20.2. The molecule has 0 radical (unpaired) electrons. The first-order valence-electron chi connectivity index (χ1n) is 7.77. The van der Waals surface area contributed by atoms with Gasteiger partial charge in [-0.15, -0.1) is 0 Å². The standard InChI is InChI=1S/C16H19BrF3NO4/c17-10-3-4-12(13(6-10)16(18,19)20)14(7-22)21-15(23)9-24-8-11-2-1-5-25-11/h3-4,6,11,14,22H,1-2,5,7-9H2,(H,21,23)/t11-,14-/m1/s1. The van der Waals surface area contributed by atoms with E-state index in [1.165, 1.54) is 12.1 Å². The molecule has 0 bridgehead atoms. The number of carbonyl (C=O) groups excluding carboxylic acids is 1. The largest absolute Gasteiger partial charge is 0.416 e. The lowest BCUT2D eigenvalue weighted by atomic mass is 10.00. The van der Waals surface area contributed by atoms with Gasteiger partial charge in [0.1, 0.15) is 6.61 Å². The van der Waals surface area contributed by atoms with Gasteiger partial charge in [0.2, 0.25) is 5.91 Å². The minimum atomic E-state index is -4.60.